The smallest absolute Gasteiger partial charge is 0.410 e. The van der Waals surface area contributed by atoms with Crippen LogP contribution in [0.1, 0.15) is 106 Å². The van der Waals surface area contributed by atoms with E-state index in [9.17, 15) is 44.1 Å². The summed E-state index contributed by atoms with van der Waals surface area (Å²) >= 11 is 0. The van der Waals surface area contributed by atoms with Crippen molar-refractivity contribution in [1.29, 1.82) is 0 Å². The fraction of sp³-hybridized carbons (Fsp3) is 0.784. The molecule has 4 atom stereocenters. The molecule has 1 aromatic rings. The Morgan fingerprint density at radius 1 is 0.768 bits per heavy atom. The second kappa shape index (κ2) is 21.4. The number of aromatic nitrogens is 2. The average molecular weight is 801 g/mol. The molecule has 0 radical (unpaired) electrons. The maximum absolute atomic E-state index is 13.1. The predicted octanol–water partition coefficient (Wildman–Crippen LogP) is 1.76. The van der Waals surface area contributed by atoms with Crippen LogP contribution >= 0.6 is 0 Å². The SMILES string of the molecule is CC(C)(C)OC(=O)NCCCN(CCCCN(CCCNC(=O)CCn1cc([C@@H]2O[C@H](CO)C(O)C2O)c(=O)[nH]c1=O)C(=O)OC(C)(C)C)C(=O)OC(C)(C)C. The van der Waals surface area contributed by atoms with Crippen LogP contribution in [-0.4, -0.2) is 140 Å². The van der Waals surface area contributed by atoms with Crippen LogP contribution in [0.25, 0.3) is 0 Å². The minimum Gasteiger partial charge on any atom is -0.444 e. The predicted molar refractivity (Wildman–Crippen MR) is 204 cm³/mol. The topological polar surface area (TPSA) is 251 Å². The second-order valence-corrected chi connectivity index (χ2v) is 16.7. The number of carbonyl (C=O) groups excluding carboxylic acids is 4. The van der Waals surface area contributed by atoms with Crippen LogP contribution in [-0.2, 0) is 30.3 Å². The molecule has 19 nitrogen and oxygen atoms in total. The molecule has 4 amide bonds. The Bertz CT molecular complexity index is 1560. The van der Waals surface area contributed by atoms with Crippen molar-refractivity contribution in [2.75, 3.05) is 45.9 Å². The van der Waals surface area contributed by atoms with Crippen LogP contribution in [0, 0.1) is 0 Å². The first-order valence-corrected chi connectivity index (χ1v) is 19.1. The third-order valence-electron chi connectivity index (χ3n) is 8.08. The van der Waals surface area contributed by atoms with E-state index in [1.165, 1.54) is 0 Å². The number of ether oxygens (including phenoxy) is 4. The molecule has 0 saturated carbocycles. The highest BCUT2D eigenvalue weighted by Gasteiger charge is 2.44. The van der Waals surface area contributed by atoms with Gasteiger partial charge in [0.25, 0.3) is 5.56 Å². The van der Waals surface area contributed by atoms with Crippen LogP contribution < -0.4 is 21.9 Å². The molecule has 2 heterocycles. The highest BCUT2D eigenvalue weighted by atomic mass is 16.6. The van der Waals surface area contributed by atoms with Gasteiger partial charge in [0.1, 0.15) is 41.2 Å². The van der Waals surface area contributed by atoms with Gasteiger partial charge in [-0.15, -0.1) is 0 Å². The number of rotatable bonds is 18. The summed E-state index contributed by atoms with van der Waals surface area (Å²) in [5, 5.41) is 35.2. The molecule has 2 unspecified atom stereocenters. The van der Waals surface area contributed by atoms with E-state index < -0.39 is 83.3 Å². The molecule has 19 heteroatoms. The van der Waals surface area contributed by atoms with Crippen LogP contribution in [0.15, 0.2) is 15.8 Å². The van der Waals surface area contributed by atoms with Crippen molar-refractivity contribution < 1.29 is 53.4 Å². The summed E-state index contributed by atoms with van der Waals surface area (Å²) in [4.78, 5) is 80.9. The number of nitrogens with zero attached hydrogens (tertiary/aromatic N) is 3. The van der Waals surface area contributed by atoms with Crippen LogP contribution in [0.3, 0.4) is 0 Å². The number of unbranched alkanes of at least 4 members (excludes halogenated alkanes) is 1. The van der Waals surface area contributed by atoms with Crippen molar-refractivity contribution in [3.05, 3.63) is 32.6 Å². The standard InChI is InChI=1S/C37H64N6O13/c1-35(2,3)54-32(50)39-16-13-20-42(34(52)56-37(7,8)9)18-11-10-17-41(33(51)55-36(4,5)6)19-12-15-38-26(45)14-21-43-22-24(30(48)40-31(43)49)29-28(47)27(46)25(23-44)53-29/h22,25,27-29,44,46-47H,10-21,23H2,1-9H3,(H,38,45)(H,39,50)(H,40,48,49)/t25-,27?,28?,29+/m1/s1. The van der Waals surface area contributed by atoms with Crippen molar-refractivity contribution in [3.63, 3.8) is 0 Å². The molecule has 2 rings (SSSR count). The summed E-state index contributed by atoms with van der Waals surface area (Å²) in [6.07, 6.45) is -3.97. The van der Waals surface area contributed by atoms with Gasteiger partial charge in [0.15, 0.2) is 0 Å². The number of aliphatic hydroxyl groups is 3. The van der Waals surface area contributed by atoms with E-state index in [1.807, 2.05) is 0 Å². The summed E-state index contributed by atoms with van der Waals surface area (Å²) in [5.41, 5.74) is -3.83. The number of nitrogens with one attached hydrogen (secondary N) is 3. The number of aryl methyl sites for hydroxylation is 1. The van der Waals surface area contributed by atoms with E-state index in [0.29, 0.717) is 51.9 Å². The number of amides is 4. The summed E-state index contributed by atoms with van der Waals surface area (Å²) in [6.45, 7) is 17.0. The quantitative estimate of drug-likeness (QED) is 0.0916. The van der Waals surface area contributed by atoms with Gasteiger partial charge >= 0.3 is 24.0 Å². The number of aliphatic hydroxyl groups excluding tert-OH is 3. The molecule has 1 aromatic heterocycles. The molecule has 1 aliphatic heterocycles. The number of hydrogen-bond donors (Lipinski definition) is 6. The Morgan fingerprint density at radius 2 is 1.25 bits per heavy atom. The first kappa shape index (κ1) is 48.0. The fourth-order valence-electron chi connectivity index (χ4n) is 5.48. The Morgan fingerprint density at radius 3 is 1.71 bits per heavy atom. The van der Waals surface area contributed by atoms with Gasteiger partial charge in [-0.3, -0.25) is 19.1 Å². The van der Waals surface area contributed by atoms with Gasteiger partial charge in [-0.2, -0.15) is 0 Å². The van der Waals surface area contributed by atoms with Crippen molar-refractivity contribution >= 4 is 24.2 Å². The van der Waals surface area contributed by atoms with Gasteiger partial charge in [-0.1, -0.05) is 0 Å². The molecular formula is C37H64N6O13. The van der Waals surface area contributed by atoms with Gasteiger partial charge in [-0.25, -0.2) is 19.2 Å². The lowest BCUT2D eigenvalue weighted by Gasteiger charge is -2.29. The normalized spacial score (nSPS) is 18.6. The monoisotopic (exact) mass is 800 g/mol. The number of carbonyl (C=O) groups is 4. The molecule has 320 valence electrons. The van der Waals surface area contributed by atoms with E-state index in [4.69, 9.17) is 18.9 Å². The lowest BCUT2D eigenvalue weighted by Crippen LogP contribution is -2.41. The summed E-state index contributed by atoms with van der Waals surface area (Å²) < 4.78 is 23.0. The lowest BCUT2D eigenvalue weighted by molar-refractivity contribution is -0.121. The largest absolute Gasteiger partial charge is 0.444 e. The van der Waals surface area contributed by atoms with Gasteiger partial charge in [0.2, 0.25) is 5.91 Å². The zero-order valence-electron chi connectivity index (χ0n) is 34.3. The summed E-state index contributed by atoms with van der Waals surface area (Å²) in [5.74, 6) is -0.398. The van der Waals surface area contributed by atoms with Gasteiger partial charge in [-0.05, 0) is 88.0 Å². The van der Waals surface area contributed by atoms with Gasteiger partial charge in [0.05, 0.1) is 12.2 Å². The number of alkyl carbamates (subject to hydrolysis) is 1. The molecule has 0 bridgehead atoms. The van der Waals surface area contributed by atoms with E-state index in [2.05, 4.69) is 15.6 Å². The third kappa shape index (κ3) is 17.3. The van der Waals surface area contributed by atoms with Crippen LogP contribution in [0.4, 0.5) is 14.4 Å². The van der Waals surface area contributed by atoms with Crippen molar-refractivity contribution in [2.45, 2.75) is 142 Å². The average Bonchev–Trinajstić information content (AvgIpc) is 3.34. The third-order valence-corrected chi connectivity index (χ3v) is 8.08. The molecule has 0 aromatic carbocycles. The Kier molecular flexibility index (Phi) is 18.3. The molecular weight excluding hydrogens is 736 g/mol. The molecule has 0 spiro atoms. The fourth-order valence-corrected chi connectivity index (χ4v) is 5.48. The summed E-state index contributed by atoms with van der Waals surface area (Å²) in [7, 11) is 0. The van der Waals surface area contributed by atoms with Crippen molar-refractivity contribution in [3.8, 4) is 0 Å². The minimum atomic E-state index is -1.51. The zero-order chi connectivity index (χ0) is 42.4. The van der Waals surface area contributed by atoms with Gasteiger partial charge in [0, 0.05) is 58.4 Å². The van der Waals surface area contributed by atoms with Crippen molar-refractivity contribution in [2.24, 2.45) is 0 Å². The van der Waals surface area contributed by atoms with Gasteiger partial charge < -0.3 is 54.7 Å². The number of aromatic amines is 1. The molecule has 56 heavy (non-hydrogen) atoms. The Hall–Kier alpha value is -4.20. The van der Waals surface area contributed by atoms with E-state index in [1.54, 1.807) is 72.1 Å². The van der Waals surface area contributed by atoms with Crippen molar-refractivity contribution in [1.82, 2.24) is 30.0 Å². The Labute approximate surface area is 328 Å². The van der Waals surface area contributed by atoms with E-state index >= 15 is 0 Å². The van der Waals surface area contributed by atoms with Crippen LogP contribution in [0.5, 0.6) is 0 Å². The van der Waals surface area contributed by atoms with Crippen LogP contribution in [0.2, 0.25) is 0 Å². The highest BCUT2D eigenvalue weighted by molar-refractivity contribution is 5.75. The number of hydrogen-bond acceptors (Lipinski definition) is 13. The Balaban J connectivity index is 1.93. The first-order chi connectivity index (χ1) is 25.9. The molecule has 1 fully saturated rings. The number of H-pyrrole nitrogens is 1. The zero-order valence-corrected chi connectivity index (χ0v) is 34.3. The molecule has 1 aliphatic rings. The second-order valence-electron chi connectivity index (χ2n) is 16.7. The maximum atomic E-state index is 13.1. The lowest BCUT2D eigenvalue weighted by atomic mass is 10.0. The minimum absolute atomic E-state index is 0.117. The van der Waals surface area contributed by atoms with E-state index in [0.717, 1.165) is 10.8 Å². The first-order valence-electron chi connectivity index (χ1n) is 19.1. The van der Waals surface area contributed by atoms with E-state index in [-0.39, 0.29) is 31.6 Å². The molecule has 6 N–H and O–H groups in total. The molecule has 1 saturated heterocycles. The molecule has 0 aliphatic carbocycles. The maximum Gasteiger partial charge on any atom is 0.410 e. The highest BCUT2D eigenvalue weighted by Crippen LogP contribution is 2.31. The summed E-state index contributed by atoms with van der Waals surface area (Å²) in [6, 6.07) is 0.